The molecule has 2 heterocycles. The summed E-state index contributed by atoms with van der Waals surface area (Å²) in [4.78, 5) is 4.42. The van der Waals surface area contributed by atoms with Crippen molar-refractivity contribution in [3.05, 3.63) is 11.9 Å². The maximum Gasteiger partial charge on any atom is 0.118 e. The lowest BCUT2D eigenvalue weighted by atomic mass is 10.4. The lowest BCUT2D eigenvalue weighted by molar-refractivity contribution is 0.864. The molecule has 1 aliphatic heterocycles. The number of nitrogens with two attached hydrogens (primary N) is 1. The fourth-order valence-electron chi connectivity index (χ4n) is 1.08. The Morgan fingerprint density at radius 2 is 2.58 bits per heavy atom. The third-order valence-corrected chi connectivity index (χ3v) is 2.91. The van der Waals surface area contributed by atoms with Crippen LogP contribution in [0, 0.1) is 0 Å². The molecule has 0 aliphatic carbocycles. The highest BCUT2D eigenvalue weighted by Crippen LogP contribution is 2.24. The summed E-state index contributed by atoms with van der Waals surface area (Å²) in [5.41, 5.74) is 7.22. The maximum atomic E-state index is 5.68. The molecule has 0 spiro atoms. The van der Waals surface area contributed by atoms with Crippen LogP contribution in [0.1, 0.15) is 12.6 Å². The van der Waals surface area contributed by atoms with E-state index in [9.17, 15) is 0 Å². The van der Waals surface area contributed by atoms with Crippen molar-refractivity contribution in [2.24, 2.45) is 4.99 Å². The van der Waals surface area contributed by atoms with Crippen LogP contribution in [-0.2, 0) is 0 Å². The molecule has 0 saturated carbocycles. The molecule has 0 unspecified atom stereocenters. The van der Waals surface area contributed by atoms with Crippen molar-refractivity contribution in [2.45, 2.75) is 13.0 Å². The van der Waals surface area contributed by atoms with E-state index in [4.69, 9.17) is 5.73 Å². The van der Waals surface area contributed by atoms with Gasteiger partial charge in [0, 0.05) is 5.75 Å². The van der Waals surface area contributed by atoms with Crippen molar-refractivity contribution in [2.75, 3.05) is 11.5 Å². The number of nitrogens with zero attached hydrogens (tertiary/aromatic N) is 2. The summed E-state index contributed by atoms with van der Waals surface area (Å²) in [5.74, 6) is 1.04. The molecule has 4 nitrogen and oxygen atoms in total. The van der Waals surface area contributed by atoms with Gasteiger partial charge in [-0.05, 0) is 6.92 Å². The first-order valence-electron chi connectivity index (χ1n) is 3.77. The van der Waals surface area contributed by atoms with Gasteiger partial charge in [-0.2, -0.15) is 5.10 Å². The second kappa shape index (κ2) is 2.82. The fraction of sp³-hybridized carbons (Fsp3) is 0.429. The number of hydrogen-bond acceptors (Lipinski definition) is 4. The zero-order valence-corrected chi connectivity index (χ0v) is 7.56. The summed E-state index contributed by atoms with van der Waals surface area (Å²) >= 11 is 1.72. The summed E-state index contributed by atoms with van der Waals surface area (Å²) in [5, 5.41) is 7.67. The van der Waals surface area contributed by atoms with Gasteiger partial charge in [0.15, 0.2) is 0 Å². The summed E-state index contributed by atoms with van der Waals surface area (Å²) in [6.45, 7) is 2.09. The van der Waals surface area contributed by atoms with E-state index in [2.05, 4.69) is 22.1 Å². The van der Waals surface area contributed by atoms with Crippen LogP contribution in [0.5, 0.6) is 0 Å². The van der Waals surface area contributed by atoms with E-state index in [0.717, 1.165) is 16.5 Å². The van der Waals surface area contributed by atoms with Crippen LogP contribution in [0.3, 0.4) is 0 Å². The highest BCUT2D eigenvalue weighted by Gasteiger charge is 2.18. The van der Waals surface area contributed by atoms with Gasteiger partial charge in [0.2, 0.25) is 0 Å². The molecule has 1 aromatic heterocycles. The first-order valence-corrected chi connectivity index (χ1v) is 4.75. The van der Waals surface area contributed by atoms with Crippen molar-refractivity contribution in [3.8, 4) is 0 Å². The van der Waals surface area contributed by atoms with Gasteiger partial charge < -0.3 is 5.73 Å². The third-order valence-electron chi connectivity index (χ3n) is 1.68. The third kappa shape index (κ3) is 1.20. The molecule has 1 aliphatic rings. The summed E-state index contributed by atoms with van der Waals surface area (Å²) in [7, 11) is 0. The molecule has 0 saturated heterocycles. The molecule has 0 fully saturated rings. The second-order valence-electron chi connectivity index (χ2n) is 2.79. The van der Waals surface area contributed by atoms with Crippen LogP contribution in [-0.4, -0.2) is 27.0 Å². The van der Waals surface area contributed by atoms with E-state index in [1.165, 1.54) is 0 Å². The number of rotatable bonds is 1. The molecule has 64 valence electrons. The van der Waals surface area contributed by atoms with Gasteiger partial charge in [-0.15, -0.1) is 11.8 Å². The first kappa shape index (κ1) is 7.67. The lowest BCUT2D eigenvalue weighted by Gasteiger charge is -1.94. The summed E-state index contributed by atoms with van der Waals surface area (Å²) in [6, 6.07) is 0.396. The normalized spacial score (nSPS) is 22.8. The second-order valence-corrected chi connectivity index (χ2v) is 3.80. The Bertz CT molecular complexity index is 317. The largest absolute Gasteiger partial charge is 0.396 e. The van der Waals surface area contributed by atoms with Crippen LogP contribution >= 0.6 is 11.8 Å². The highest BCUT2D eigenvalue weighted by molar-refractivity contribution is 8.14. The van der Waals surface area contributed by atoms with E-state index in [0.29, 0.717) is 11.7 Å². The van der Waals surface area contributed by atoms with E-state index >= 15 is 0 Å². The summed E-state index contributed by atoms with van der Waals surface area (Å²) in [6.07, 6.45) is 1.61. The monoisotopic (exact) mass is 182 g/mol. The predicted molar refractivity (Wildman–Crippen MR) is 51.5 cm³/mol. The Morgan fingerprint density at radius 3 is 3.08 bits per heavy atom. The van der Waals surface area contributed by atoms with Gasteiger partial charge in [-0.1, -0.05) is 0 Å². The first-order chi connectivity index (χ1) is 5.77. The molecular formula is C7H10N4S. The molecule has 1 aromatic rings. The fourth-order valence-corrected chi connectivity index (χ4v) is 2.11. The number of aliphatic imine (C=N–C) groups is 1. The Balaban J connectivity index is 2.32. The van der Waals surface area contributed by atoms with Gasteiger partial charge in [0.05, 0.1) is 17.9 Å². The van der Waals surface area contributed by atoms with Gasteiger partial charge in [-0.3, -0.25) is 10.1 Å². The van der Waals surface area contributed by atoms with Crippen LogP contribution in [0.2, 0.25) is 0 Å². The molecule has 12 heavy (non-hydrogen) atoms. The molecule has 3 N–H and O–H groups in total. The van der Waals surface area contributed by atoms with Gasteiger partial charge in [0.25, 0.3) is 0 Å². The number of hydrogen-bond donors (Lipinski definition) is 2. The number of H-pyrrole nitrogens is 1. The number of thioether (sulfide) groups is 1. The van der Waals surface area contributed by atoms with Crippen LogP contribution in [0.4, 0.5) is 5.69 Å². The van der Waals surface area contributed by atoms with Gasteiger partial charge in [-0.25, -0.2) is 0 Å². The SMILES string of the molecule is C[C@@H]1CSC(c2[nH]ncc2N)=N1. The van der Waals surface area contributed by atoms with E-state index < -0.39 is 0 Å². The minimum absolute atomic E-state index is 0.396. The zero-order chi connectivity index (χ0) is 8.55. The van der Waals surface area contributed by atoms with Crippen molar-refractivity contribution in [1.82, 2.24) is 10.2 Å². The number of anilines is 1. The lowest BCUT2D eigenvalue weighted by Crippen LogP contribution is -1.97. The van der Waals surface area contributed by atoms with Gasteiger partial charge >= 0.3 is 0 Å². The Hall–Kier alpha value is -0.970. The van der Waals surface area contributed by atoms with Crippen molar-refractivity contribution >= 4 is 22.5 Å². The molecule has 0 amide bonds. The molecule has 2 rings (SSSR count). The van der Waals surface area contributed by atoms with Gasteiger partial charge in [0.1, 0.15) is 10.7 Å². The van der Waals surface area contributed by atoms with Crippen molar-refractivity contribution in [1.29, 1.82) is 0 Å². The van der Waals surface area contributed by atoms with Crippen LogP contribution in [0.15, 0.2) is 11.2 Å². The quantitative estimate of drug-likeness (QED) is 0.677. The maximum absolute atomic E-state index is 5.68. The Kier molecular flexibility index (Phi) is 1.80. The molecule has 0 radical (unpaired) electrons. The van der Waals surface area contributed by atoms with Crippen molar-refractivity contribution in [3.63, 3.8) is 0 Å². The number of aromatic amines is 1. The summed E-state index contributed by atoms with van der Waals surface area (Å²) < 4.78 is 0. The number of aromatic nitrogens is 2. The topological polar surface area (TPSA) is 67.1 Å². The number of nitrogens with one attached hydrogen (secondary N) is 1. The van der Waals surface area contributed by atoms with E-state index in [1.807, 2.05) is 0 Å². The molecule has 1 atom stereocenters. The molecule has 5 heteroatoms. The van der Waals surface area contributed by atoms with Crippen LogP contribution < -0.4 is 5.73 Å². The molecule has 0 aromatic carbocycles. The minimum Gasteiger partial charge on any atom is -0.396 e. The standard InChI is InChI=1S/C7H10N4S/c1-4-3-12-7(10-4)6-5(8)2-9-11-6/h2,4H,3,8H2,1H3,(H,9,11)/t4-/m1/s1. The Morgan fingerprint density at radius 1 is 1.75 bits per heavy atom. The average molecular weight is 182 g/mol. The molecule has 0 bridgehead atoms. The highest BCUT2D eigenvalue weighted by atomic mass is 32.2. The zero-order valence-electron chi connectivity index (χ0n) is 6.74. The van der Waals surface area contributed by atoms with E-state index in [1.54, 1.807) is 18.0 Å². The van der Waals surface area contributed by atoms with Crippen LogP contribution in [0.25, 0.3) is 0 Å². The average Bonchev–Trinajstić information content (AvgIpc) is 2.58. The number of nitrogen functional groups attached to an aromatic ring is 1. The Labute approximate surface area is 74.6 Å². The predicted octanol–water partition coefficient (Wildman–Crippen LogP) is 0.874. The van der Waals surface area contributed by atoms with Crippen molar-refractivity contribution < 1.29 is 0 Å². The minimum atomic E-state index is 0.396. The molecular weight excluding hydrogens is 172 g/mol. The smallest absolute Gasteiger partial charge is 0.118 e. The van der Waals surface area contributed by atoms with E-state index in [-0.39, 0.29) is 0 Å².